The molecule has 1 spiro atoms. The number of rotatable bonds is 11. The van der Waals surface area contributed by atoms with Gasteiger partial charge in [0, 0.05) is 24.9 Å². The molecule has 7 nitrogen and oxygen atoms in total. The average Bonchev–Trinajstić information content (AvgIpc) is 3.41. The standard InChI is InChI=1S/C26H33ClN2O5S/c1-3-12-28(18-11-7-6-10-17(18)27)24(32)22-26-16(2)15-19(35-26)20(25(33)34)21(26)23(31)29(22)13-8-4-5-9-14-30/h3,6-7,10-11,16,19-22,30H,1,4-5,8-9,12-15H2,2H3,(H,33,34)/t16?,19-,20+,21-,22?,26?/m0/s1. The number of nitrogens with zero attached hydrogens (tertiary/aromatic N) is 2. The molecule has 9 heteroatoms. The molecule has 3 unspecified atom stereocenters. The van der Waals surface area contributed by atoms with Crippen LogP contribution >= 0.6 is 23.4 Å². The largest absolute Gasteiger partial charge is 0.481 e. The number of carbonyl (C=O) groups is 3. The van der Waals surface area contributed by atoms with Crippen LogP contribution in [0.5, 0.6) is 0 Å². The van der Waals surface area contributed by atoms with Gasteiger partial charge in [0.2, 0.25) is 5.91 Å². The fourth-order valence-corrected chi connectivity index (χ4v) is 8.97. The molecule has 3 heterocycles. The van der Waals surface area contributed by atoms with Crippen LogP contribution in [0.15, 0.2) is 36.9 Å². The molecule has 35 heavy (non-hydrogen) atoms. The number of thioether (sulfide) groups is 1. The van der Waals surface area contributed by atoms with E-state index in [1.54, 1.807) is 34.1 Å². The summed E-state index contributed by atoms with van der Waals surface area (Å²) in [5.41, 5.74) is 0.550. The Hall–Kier alpha value is -2.03. The number of aliphatic hydroxyl groups is 1. The van der Waals surface area contributed by atoms with E-state index >= 15 is 0 Å². The van der Waals surface area contributed by atoms with E-state index in [1.165, 1.54) is 11.8 Å². The van der Waals surface area contributed by atoms with Crippen LogP contribution in [0.25, 0.3) is 0 Å². The molecule has 190 valence electrons. The zero-order valence-corrected chi connectivity index (χ0v) is 21.5. The number of carboxylic acids is 1. The fourth-order valence-electron chi connectivity index (χ4n) is 6.32. The highest BCUT2D eigenvalue weighted by Crippen LogP contribution is 2.68. The number of benzene rings is 1. The van der Waals surface area contributed by atoms with Crippen molar-refractivity contribution in [1.82, 2.24) is 4.90 Å². The molecule has 2 amide bonds. The lowest BCUT2D eigenvalue weighted by atomic mass is 9.66. The van der Waals surface area contributed by atoms with Crippen molar-refractivity contribution in [3.8, 4) is 0 Å². The van der Waals surface area contributed by atoms with Crippen molar-refractivity contribution in [1.29, 1.82) is 0 Å². The second-order valence-corrected chi connectivity index (χ2v) is 11.7. The van der Waals surface area contributed by atoms with Crippen molar-refractivity contribution < 1.29 is 24.6 Å². The van der Waals surface area contributed by atoms with Gasteiger partial charge in [-0.15, -0.1) is 18.3 Å². The van der Waals surface area contributed by atoms with Gasteiger partial charge in [0.15, 0.2) is 0 Å². The number of halogens is 1. The van der Waals surface area contributed by atoms with E-state index in [9.17, 15) is 19.5 Å². The molecular formula is C26H33ClN2O5S. The van der Waals surface area contributed by atoms with E-state index < -0.39 is 28.6 Å². The lowest BCUT2D eigenvalue weighted by Crippen LogP contribution is -2.57. The number of carbonyl (C=O) groups excluding carboxylic acids is 2. The predicted molar refractivity (Wildman–Crippen MR) is 138 cm³/mol. The highest BCUT2D eigenvalue weighted by atomic mass is 35.5. The molecule has 2 bridgehead atoms. The van der Waals surface area contributed by atoms with Crippen molar-refractivity contribution in [2.45, 2.75) is 55.1 Å². The first kappa shape index (κ1) is 26.0. The van der Waals surface area contributed by atoms with Crippen LogP contribution in [0.2, 0.25) is 5.02 Å². The maximum Gasteiger partial charge on any atom is 0.308 e. The lowest BCUT2D eigenvalue weighted by molar-refractivity contribution is -0.149. The van der Waals surface area contributed by atoms with Crippen LogP contribution in [-0.4, -0.2) is 68.6 Å². The summed E-state index contributed by atoms with van der Waals surface area (Å²) in [7, 11) is 0. The van der Waals surface area contributed by atoms with Crippen molar-refractivity contribution in [2.75, 3.05) is 24.6 Å². The number of hydrogen-bond acceptors (Lipinski definition) is 5. The molecular weight excluding hydrogens is 488 g/mol. The van der Waals surface area contributed by atoms with Gasteiger partial charge in [-0.25, -0.2) is 0 Å². The minimum Gasteiger partial charge on any atom is -0.481 e. The number of fused-ring (bicyclic) bond motifs is 1. The molecule has 0 radical (unpaired) electrons. The van der Waals surface area contributed by atoms with Gasteiger partial charge in [0.05, 0.1) is 27.3 Å². The number of carboxylic acid groups (broad SMARTS) is 1. The summed E-state index contributed by atoms with van der Waals surface area (Å²) in [4.78, 5) is 43.7. The first-order valence-corrected chi connectivity index (χ1v) is 13.5. The maximum absolute atomic E-state index is 14.4. The van der Waals surface area contributed by atoms with Crippen LogP contribution in [0.4, 0.5) is 5.69 Å². The molecule has 3 aliphatic heterocycles. The minimum atomic E-state index is -0.959. The first-order chi connectivity index (χ1) is 16.8. The van der Waals surface area contributed by atoms with Crippen LogP contribution in [0.3, 0.4) is 0 Å². The third-order valence-corrected chi connectivity index (χ3v) is 10.2. The Balaban J connectivity index is 1.74. The van der Waals surface area contributed by atoms with E-state index in [-0.39, 0.29) is 36.1 Å². The molecule has 0 saturated carbocycles. The van der Waals surface area contributed by atoms with Gasteiger partial charge >= 0.3 is 5.97 Å². The van der Waals surface area contributed by atoms with Gasteiger partial charge in [0.1, 0.15) is 6.04 Å². The van der Waals surface area contributed by atoms with Crippen LogP contribution < -0.4 is 4.90 Å². The molecule has 1 aromatic rings. The van der Waals surface area contributed by atoms with Crippen molar-refractivity contribution >= 4 is 46.8 Å². The summed E-state index contributed by atoms with van der Waals surface area (Å²) >= 11 is 8.01. The number of anilines is 1. The fraction of sp³-hybridized carbons (Fsp3) is 0.577. The van der Waals surface area contributed by atoms with Gasteiger partial charge < -0.3 is 20.0 Å². The Morgan fingerprint density at radius 2 is 2.00 bits per heavy atom. The normalized spacial score (nSPS) is 31.0. The Labute approximate surface area is 215 Å². The second kappa shape index (κ2) is 10.5. The van der Waals surface area contributed by atoms with Crippen molar-refractivity contribution in [2.24, 2.45) is 17.8 Å². The SMILES string of the molecule is C=CCN(C(=O)C1N(CCCCCCO)C(=O)[C@@H]2[C@H](C(=O)O)[C@@H]3CC(C)C12S3)c1ccccc1Cl. The number of aliphatic carboxylic acids is 1. The summed E-state index contributed by atoms with van der Waals surface area (Å²) in [5.74, 6) is -2.91. The number of para-hydroxylation sites is 1. The van der Waals surface area contributed by atoms with Gasteiger partial charge in [-0.2, -0.15) is 0 Å². The zero-order chi connectivity index (χ0) is 25.3. The number of aliphatic hydroxyl groups excluding tert-OH is 1. The molecule has 1 aromatic carbocycles. The summed E-state index contributed by atoms with van der Waals surface area (Å²) < 4.78 is -0.784. The summed E-state index contributed by atoms with van der Waals surface area (Å²) in [6.45, 7) is 6.60. The summed E-state index contributed by atoms with van der Waals surface area (Å²) in [6.07, 6.45) is 5.34. The Morgan fingerprint density at radius 3 is 2.66 bits per heavy atom. The third-order valence-electron chi connectivity index (χ3n) is 7.79. The summed E-state index contributed by atoms with van der Waals surface area (Å²) in [5, 5.41) is 19.4. The van der Waals surface area contributed by atoms with E-state index in [0.29, 0.717) is 36.5 Å². The smallest absolute Gasteiger partial charge is 0.308 e. The minimum absolute atomic E-state index is 0.0206. The number of likely N-dealkylation sites (tertiary alicyclic amines) is 1. The first-order valence-electron chi connectivity index (χ1n) is 12.3. The van der Waals surface area contributed by atoms with Gasteiger partial charge in [-0.3, -0.25) is 14.4 Å². The highest BCUT2D eigenvalue weighted by molar-refractivity contribution is 8.02. The van der Waals surface area contributed by atoms with Gasteiger partial charge in [-0.1, -0.05) is 49.6 Å². The van der Waals surface area contributed by atoms with E-state index in [2.05, 4.69) is 6.58 Å². The van der Waals surface area contributed by atoms with Gasteiger partial charge in [0.25, 0.3) is 5.91 Å². The summed E-state index contributed by atoms with van der Waals surface area (Å²) in [6, 6.07) is 6.33. The molecule has 3 saturated heterocycles. The van der Waals surface area contributed by atoms with E-state index in [1.807, 2.05) is 13.0 Å². The topological polar surface area (TPSA) is 98.2 Å². The van der Waals surface area contributed by atoms with E-state index in [0.717, 1.165) is 12.8 Å². The molecule has 4 rings (SSSR count). The van der Waals surface area contributed by atoms with Crippen molar-refractivity contribution in [3.05, 3.63) is 41.9 Å². The predicted octanol–water partition coefficient (Wildman–Crippen LogP) is 3.83. The number of hydrogen-bond donors (Lipinski definition) is 2. The van der Waals surface area contributed by atoms with Crippen molar-refractivity contribution in [3.63, 3.8) is 0 Å². The second-order valence-electron chi connectivity index (χ2n) is 9.75. The average molecular weight is 521 g/mol. The molecule has 2 N–H and O–H groups in total. The van der Waals surface area contributed by atoms with E-state index in [4.69, 9.17) is 16.7 Å². The zero-order valence-electron chi connectivity index (χ0n) is 19.9. The Kier molecular flexibility index (Phi) is 7.83. The van der Waals surface area contributed by atoms with Crippen LogP contribution in [-0.2, 0) is 14.4 Å². The monoisotopic (exact) mass is 520 g/mol. The van der Waals surface area contributed by atoms with Crippen LogP contribution in [0, 0.1) is 17.8 Å². The van der Waals surface area contributed by atoms with Gasteiger partial charge in [-0.05, 0) is 37.3 Å². The lowest BCUT2D eigenvalue weighted by Gasteiger charge is -2.40. The molecule has 0 aliphatic carbocycles. The number of unbranched alkanes of at least 4 members (excludes halogenated alkanes) is 3. The molecule has 3 aliphatic rings. The number of amides is 2. The molecule has 6 atom stereocenters. The quantitative estimate of drug-likeness (QED) is 0.340. The molecule has 3 fully saturated rings. The Bertz CT molecular complexity index is 1010. The maximum atomic E-state index is 14.4. The third kappa shape index (κ3) is 4.27. The Morgan fingerprint density at radius 1 is 1.29 bits per heavy atom. The molecule has 0 aromatic heterocycles. The highest BCUT2D eigenvalue weighted by Gasteiger charge is 2.76. The van der Waals surface area contributed by atoms with Crippen LogP contribution in [0.1, 0.15) is 39.0 Å².